The van der Waals surface area contributed by atoms with Gasteiger partial charge in [0, 0.05) is 12.6 Å². The van der Waals surface area contributed by atoms with E-state index < -0.39 is 0 Å². The second-order valence-corrected chi connectivity index (χ2v) is 3.64. The third-order valence-electron chi connectivity index (χ3n) is 2.82. The quantitative estimate of drug-likeness (QED) is 0.643. The van der Waals surface area contributed by atoms with Crippen LogP contribution in [0.2, 0.25) is 0 Å². The van der Waals surface area contributed by atoms with Crippen molar-refractivity contribution in [3.63, 3.8) is 0 Å². The summed E-state index contributed by atoms with van der Waals surface area (Å²) in [5.74, 6) is 0.540. The molecule has 1 N–H and O–H groups in total. The summed E-state index contributed by atoms with van der Waals surface area (Å²) < 4.78 is 0. The molecule has 1 heterocycles. The third-order valence-corrected chi connectivity index (χ3v) is 2.82. The van der Waals surface area contributed by atoms with Crippen molar-refractivity contribution in [1.29, 1.82) is 0 Å². The number of rotatable bonds is 3. The van der Waals surface area contributed by atoms with E-state index in [0.717, 1.165) is 25.9 Å². The van der Waals surface area contributed by atoms with E-state index in [1.807, 2.05) is 6.08 Å². The van der Waals surface area contributed by atoms with Crippen LogP contribution in [0.5, 0.6) is 0 Å². The highest BCUT2D eigenvalue weighted by Gasteiger charge is 2.20. The number of aliphatic hydroxyl groups is 1. The van der Waals surface area contributed by atoms with Gasteiger partial charge < -0.3 is 5.11 Å². The summed E-state index contributed by atoms with van der Waals surface area (Å²) in [4.78, 5) is 2.42. The molecule has 0 aliphatic carbocycles. The second kappa shape index (κ2) is 4.63. The molecule has 0 aromatic heterocycles. The molecular formula is C10H19NO. The molecule has 12 heavy (non-hydrogen) atoms. The molecule has 0 radical (unpaired) electrons. The highest BCUT2D eigenvalue weighted by Crippen LogP contribution is 2.18. The molecule has 1 aliphatic rings. The molecule has 1 rings (SSSR count). The van der Waals surface area contributed by atoms with Crippen LogP contribution in [0, 0.1) is 5.92 Å². The monoisotopic (exact) mass is 169 g/mol. The van der Waals surface area contributed by atoms with E-state index in [0.29, 0.717) is 18.6 Å². The first-order valence-corrected chi connectivity index (χ1v) is 4.75. The van der Waals surface area contributed by atoms with Crippen LogP contribution >= 0.6 is 0 Å². The molecule has 0 bridgehead atoms. The maximum atomic E-state index is 8.93. The van der Waals surface area contributed by atoms with Crippen LogP contribution in [-0.4, -0.2) is 35.7 Å². The number of hydrogen-bond donors (Lipinski definition) is 1. The van der Waals surface area contributed by atoms with Crippen molar-refractivity contribution in [1.82, 2.24) is 4.90 Å². The predicted octanol–water partition coefficient (Wildman–Crippen LogP) is 1.27. The van der Waals surface area contributed by atoms with E-state index in [-0.39, 0.29) is 0 Å². The van der Waals surface area contributed by atoms with Gasteiger partial charge >= 0.3 is 0 Å². The maximum absolute atomic E-state index is 8.93. The van der Waals surface area contributed by atoms with Crippen molar-refractivity contribution in [2.45, 2.75) is 25.8 Å². The highest BCUT2D eigenvalue weighted by atomic mass is 16.3. The highest BCUT2D eigenvalue weighted by molar-refractivity contribution is 4.86. The zero-order chi connectivity index (χ0) is 8.97. The van der Waals surface area contributed by atoms with Gasteiger partial charge in [-0.15, -0.1) is 6.58 Å². The van der Waals surface area contributed by atoms with E-state index in [9.17, 15) is 0 Å². The van der Waals surface area contributed by atoms with Crippen LogP contribution in [0.4, 0.5) is 0 Å². The first-order chi connectivity index (χ1) is 5.77. The Kier molecular flexibility index (Phi) is 3.76. The molecule has 0 aromatic carbocycles. The summed E-state index contributed by atoms with van der Waals surface area (Å²) in [6, 6.07) is 0.490. The van der Waals surface area contributed by atoms with Crippen molar-refractivity contribution in [3.8, 4) is 0 Å². The average Bonchev–Trinajstić information content (AvgIpc) is 2.17. The molecule has 1 atom stereocenters. The van der Waals surface area contributed by atoms with E-state index in [1.165, 1.54) is 0 Å². The fourth-order valence-electron chi connectivity index (χ4n) is 1.69. The molecule has 2 nitrogen and oxygen atoms in total. The van der Waals surface area contributed by atoms with Crippen molar-refractivity contribution in [2.24, 2.45) is 5.92 Å². The molecular weight excluding hydrogens is 150 g/mol. The summed E-state index contributed by atoms with van der Waals surface area (Å²) >= 11 is 0. The van der Waals surface area contributed by atoms with Crippen LogP contribution in [-0.2, 0) is 0 Å². The summed E-state index contributed by atoms with van der Waals surface area (Å²) in [7, 11) is 0. The first kappa shape index (κ1) is 9.75. The van der Waals surface area contributed by atoms with Gasteiger partial charge in [-0.1, -0.05) is 6.08 Å². The summed E-state index contributed by atoms with van der Waals surface area (Å²) in [5, 5.41) is 8.93. The minimum Gasteiger partial charge on any atom is -0.396 e. The van der Waals surface area contributed by atoms with Crippen LogP contribution in [0.15, 0.2) is 12.7 Å². The normalized spacial score (nSPS) is 23.8. The lowest BCUT2D eigenvalue weighted by molar-refractivity contribution is 0.119. The van der Waals surface area contributed by atoms with Gasteiger partial charge in [0.1, 0.15) is 0 Å². The van der Waals surface area contributed by atoms with Crippen molar-refractivity contribution in [3.05, 3.63) is 12.7 Å². The first-order valence-electron chi connectivity index (χ1n) is 4.75. The molecule has 1 fully saturated rings. The van der Waals surface area contributed by atoms with Gasteiger partial charge in [-0.05, 0) is 38.8 Å². The van der Waals surface area contributed by atoms with E-state index in [4.69, 9.17) is 5.11 Å². The Labute approximate surface area is 74.9 Å². The zero-order valence-corrected chi connectivity index (χ0v) is 7.87. The Morgan fingerprint density at radius 1 is 1.58 bits per heavy atom. The standard InChI is InChI=1S/C10H19NO/c1-3-9(2)11-6-4-10(8-12)5-7-11/h3,9-10,12H,1,4-8H2,2H3. The Morgan fingerprint density at radius 3 is 2.58 bits per heavy atom. The molecule has 70 valence electrons. The second-order valence-electron chi connectivity index (χ2n) is 3.64. The molecule has 1 aliphatic heterocycles. The molecule has 0 aromatic rings. The van der Waals surface area contributed by atoms with Gasteiger partial charge in [0.25, 0.3) is 0 Å². The number of nitrogens with zero attached hydrogens (tertiary/aromatic N) is 1. The molecule has 0 amide bonds. The molecule has 1 saturated heterocycles. The van der Waals surface area contributed by atoms with E-state index in [1.54, 1.807) is 0 Å². The number of hydrogen-bond acceptors (Lipinski definition) is 2. The molecule has 2 heteroatoms. The van der Waals surface area contributed by atoms with Gasteiger partial charge in [0.15, 0.2) is 0 Å². The fraction of sp³-hybridized carbons (Fsp3) is 0.800. The largest absolute Gasteiger partial charge is 0.396 e. The summed E-state index contributed by atoms with van der Waals surface area (Å²) in [6.45, 7) is 8.53. The van der Waals surface area contributed by atoms with Crippen LogP contribution in [0.1, 0.15) is 19.8 Å². The van der Waals surface area contributed by atoms with Crippen molar-refractivity contribution >= 4 is 0 Å². The fourth-order valence-corrected chi connectivity index (χ4v) is 1.69. The Bertz CT molecular complexity index is 139. The smallest absolute Gasteiger partial charge is 0.0460 e. The van der Waals surface area contributed by atoms with E-state index in [2.05, 4.69) is 18.4 Å². The van der Waals surface area contributed by atoms with Crippen LogP contribution < -0.4 is 0 Å². The zero-order valence-electron chi connectivity index (χ0n) is 7.87. The molecule has 1 unspecified atom stereocenters. The lowest BCUT2D eigenvalue weighted by Crippen LogP contribution is -2.39. The molecule has 0 saturated carbocycles. The van der Waals surface area contributed by atoms with Crippen molar-refractivity contribution in [2.75, 3.05) is 19.7 Å². The lowest BCUT2D eigenvalue weighted by atomic mass is 9.97. The third kappa shape index (κ3) is 2.32. The Balaban J connectivity index is 2.30. The van der Waals surface area contributed by atoms with Gasteiger partial charge in [-0.3, -0.25) is 4.90 Å². The van der Waals surface area contributed by atoms with E-state index >= 15 is 0 Å². The van der Waals surface area contributed by atoms with Gasteiger partial charge in [0.05, 0.1) is 0 Å². The van der Waals surface area contributed by atoms with Crippen molar-refractivity contribution < 1.29 is 5.11 Å². The number of likely N-dealkylation sites (tertiary alicyclic amines) is 1. The lowest BCUT2D eigenvalue weighted by Gasteiger charge is -2.34. The predicted molar refractivity (Wildman–Crippen MR) is 51.0 cm³/mol. The summed E-state index contributed by atoms with van der Waals surface area (Å²) in [5.41, 5.74) is 0. The van der Waals surface area contributed by atoms with Crippen LogP contribution in [0.25, 0.3) is 0 Å². The number of piperidine rings is 1. The number of aliphatic hydroxyl groups excluding tert-OH is 1. The molecule has 0 spiro atoms. The van der Waals surface area contributed by atoms with Gasteiger partial charge in [-0.2, -0.15) is 0 Å². The minimum absolute atomic E-state index is 0.357. The SMILES string of the molecule is C=CC(C)N1CCC(CO)CC1. The Hall–Kier alpha value is -0.340. The van der Waals surface area contributed by atoms with Crippen LogP contribution in [0.3, 0.4) is 0 Å². The summed E-state index contributed by atoms with van der Waals surface area (Å²) in [6.07, 6.45) is 4.25. The Morgan fingerprint density at radius 2 is 2.17 bits per heavy atom. The van der Waals surface area contributed by atoms with Gasteiger partial charge in [0.2, 0.25) is 0 Å². The maximum Gasteiger partial charge on any atom is 0.0460 e. The van der Waals surface area contributed by atoms with Gasteiger partial charge in [-0.25, -0.2) is 0 Å². The average molecular weight is 169 g/mol. The topological polar surface area (TPSA) is 23.5 Å². The minimum atomic E-state index is 0.357.